The van der Waals surface area contributed by atoms with Crippen LogP contribution in [0.2, 0.25) is 0 Å². The molecule has 1 aliphatic heterocycles. The van der Waals surface area contributed by atoms with Crippen LogP contribution in [0.5, 0.6) is 0 Å². The molecular weight excluding hydrogens is 326 g/mol. The first-order valence-electron chi connectivity index (χ1n) is 8.88. The lowest BCUT2D eigenvalue weighted by atomic mass is 10.0. The summed E-state index contributed by atoms with van der Waals surface area (Å²) in [6.07, 6.45) is 0. The topological polar surface area (TPSA) is 73.1 Å². The number of benzene rings is 1. The number of aromatic nitrogens is 2. The molecule has 1 fully saturated rings. The van der Waals surface area contributed by atoms with Gasteiger partial charge < -0.3 is 9.80 Å². The lowest BCUT2D eigenvalue weighted by Gasteiger charge is -2.35. The highest BCUT2D eigenvalue weighted by molar-refractivity contribution is 5.94. The van der Waals surface area contributed by atoms with E-state index in [0.29, 0.717) is 43.7 Å². The van der Waals surface area contributed by atoms with Crippen molar-refractivity contribution < 1.29 is 4.79 Å². The van der Waals surface area contributed by atoms with Crippen molar-refractivity contribution in [2.45, 2.75) is 26.7 Å². The maximum absolute atomic E-state index is 12.7. The van der Waals surface area contributed by atoms with Crippen molar-refractivity contribution in [3.05, 3.63) is 52.8 Å². The highest BCUT2D eigenvalue weighted by atomic mass is 16.2. The molecule has 0 unspecified atom stereocenters. The third-order valence-electron chi connectivity index (χ3n) is 4.63. The molecule has 0 saturated carbocycles. The highest BCUT2D eigenvalue weighted by Crippen LogP contribution is 2.17. The maximum Gasteiger partial charge on any atom is 0.253 e. The van der Waals surface area contributed by atoms with E-state index in [-0.39, 0.29) is 5.91 Å². The quantitative estimate of drug-likeness (QED) is 0.852. The summed E-state index contributed by atoms with van der Waals surface area (Å²) >= 11 is 0. The fourth-order valence-corrected chi connectivity index (χ4v) is 3.05. The van der Waals surface area contributed by atoms with Gasteiger partial charge in [0.2, 0.25) is 5.95 Å². The molecule has 1 aliphatic rings. The van der Waals surface area contributed by atoms with Crippen LogP contribution in [-0.4, -0.2) is 47.0 Å². The Morgan fingerprint density at radius 3 is 2.35 bits per heavy atom. The van der Waals surface area contributed by atoms with Crippen molar-refractivity contribution >= 4 is 11.9 Å². The average molecular weight is 349 g/mol. The number of hydrogen-bond acceptors (Lipinski definition) is 5. The van der Waals surface area contributed by atoms with Crippen LogP contribution >= 0.6 is 0 Å². The number of rotatable bonds is 3. The van der Waals surface area contributed by atoms with Crippen molar-refractivity contribution in [3.8, 4) is 6.07 Å². The van der Waals surface area contributed by atoms with Gasteiger partial charge in [0.15, 0.2) is 0 Å². The van der Waals surface area contributed by atoms with Gasteiger partial charge in [-0.1, -0.05) is 26.0 Å². The van der Waals surface area contributed by atoms with Crippen LogP contribution < -0.4 is 4.90 Å². The van der Waals surface area contributed by atoms with E-state index in [0.717, 1.165) is 11.3 Å². The molecule has 26 heavy (non-hydrogen) atoms. The summed E-state index contributed by atoms with van der Waals surface area (Å²) in [5.41, 5.74) is 3.10. The molecule has 1 saturated heterocycles. The van der Waals surface area contributed by atoms with Crippen LogP contribution in [0, 0.1) is 18.3 Å². The van der Waals surface area contributed by atoms with E-state index < -0.39 is 0 Å². The van der Waals surface area contributed by atoms with Crippen LogP contribution in [0.3, 0.4) is 0 Å². The fraction of sp³-hybridized carbons (Fsp3) is 0.400. The van der Waals surface area contributed by atoms with Crippen LogP contribution in [-0.2, 0) is 0 Å². The van der Waals surface area contributed by atoms with Crippen LogP contribution in [0.1, 0.15) is 47.1 Å². The zero-order chi connectivity index (χ0) is 18.7. The number of hydrogen-bond donors (Lipinski definition) is 0. The van der Waals surface area contributed by atoms with Crippen molar-refractivity contribution in [1.82, 2.24) is 14.9 Å². The van der Waals surface area contributed by atoms with Gasteiger partial charge in [0, 0.05) is 37.4 Å². The SMILES string of the molecule is Cc1cc(C#N)nc(N2CCN(C(=O)c3ccc(C(C)C)cc3)CC2)n1. The first kappa shape index (κ1) is 17.9. The van der Waals surface area contributed by atoms with E-state index >= 15 is 0 Å². The van der Waals surface area contributed by atoms with Crippen molar-refractivity contribution in [3.63, 3.8) is 0 Å². The Balaban J connectivity index is 1.65. The van der Waals surface area contributed by atoms with Crippen molar-refractivity contribution in [2.75, 3.05) is 31.1 Å². The Hall–Kier alpha value is -2.94. The molecule has 1 aromatic heterocycles. The Morgan fingerprint density at radius 1 is 1.12 bits per heavy atom. The second kappa shape index (κ2) is 7.52. The molecule has 1 aromatic carbocycles. The summed E-state index contributed by atoms with van der Waals surface area (Å²) < 4.78 is 0. The number of piperazine rings is 1. The predicted molar refractivity (Wildman–Crippen MR) is 100 cm³/mol. The number of anilines is 1. The van der Waals surface area contributed by atoms with Gasteiger partial charge in [-0.05, 0) is 36.6 Å². The fourth-order valence-electron chi connectivity index (χ4n) is 3.05. The van der Waals surface area contributed by atoms with Crippen molar-refractivity contribution in [2.24, 2.45) is 0 Å². The van der Waals surface area contributed by atoms with E-state index in [9.17, 15) is 4.79 Å². The Morgan fingerprint density at radius 2 is 1.77 bits per heavy atom. The Bertz CT molecular complexity index is 830. The molecule has 0 N–H and O–H groups in total. The normalized spacial score (nSPS) is 14.4. The molecule has 134 valence electrons. The van der Waals surface area contributed by atoms with Gasteiger partial charge in [0.25, 0.3) is 5.91 Å². The third-order valence-corrected chi connectivity index (χ3v) is 4.63. The van der Waals surface area contributed by atoms with Gasteiger partial charge in [0.05, 0.1) is 0 Å². The molecule has 1 amide bonds. The lowest BCUT2D eigenvalue weighted by Crippen LogP contribution is -2.49. The van der Waals surface area contributed by atoms with E-state index in [4.69, 9.17) is 5.26 Å². The molecule has 0 radical (unpaired) electrons. The minimum atomic E-state index is 0.0582. The van der Waals surface area contributed by atoms with Gasteiger partial charge in [-0.25, -0.2) is 9.97 Å². The van der Waals surface area contributed by atoms with E-state index in [2.05, 4.69) is 29.9 Å². The first-order valence-corrected chi connectivity index (χ1v) is 8.88. The molecule has 3 rings (SSSR count). The van der Waals surface area contributed by atoms with Gasteiger partial charge in [0.1, 0.15) is 11.8 Å². The number of carbonyl (C=O) groups excluding carboxylic acids is 1. The number of carbonyl (C=O) groups is 1. The smallest absolute Gasteiger partial charge is 0.253 e. The Kier molecular flexibility index (Phi) is 5.17. The predicted octanol–water partition coefficient (Wildman–Crippen LogP) is 2.74. The monoisotopic (exact) mass is 349 g/mol. The summed E-state index contributed by atoms with van der Waals surface area (Å²) in [5, 5.41) is 9.07. The van der Waals surface area contributed by atoms with Crippen LogP contribution in [0.15, 0.2) is 30.3 Å². The largest absolute Gasteiger partial charge is 0.337 e. The molecule has 0 spiro atoms. The Labute approximate surface area is 154 Å². The molecule has 2 heterocycles. The summed E-state index contributed by atoms with van der Waals surface area (Å²) in [5.74, 6) is 1.08. The zero-order valence-corrected chi connectivity index (χ0v) is 15.4. The molecule has 6 nitrogen and oxygen atoms in total. The van der Waals surface area contributed by atoms with Crippen LogP contribution in [0.4, 0.5) is 5.95 Å². The maximum atomic E-state index is 12.7. The van der Waals surface area contributed by atoms with E-state index in [1.807, 2.05) is 41.0 Å². The average Bonchev–Trinajstić information content (AvgIpc) is 2.67. The van der Waals surface area contributed by atoms with E-state index in [1.54, 1.807) is 6.07 Å². The van der Waals surface area contributed by atoms with Crippen LogP contribution in [0.25, 0.3) is 0 Å². The number of aryl methyl sites for hydroxylation is 1. The molecule has 0 aliphatic carbocycles. The molecule has 0 atom stereocenters. The molecule has 2 aromatic rings. The third kappa shape index (κ3) is 3.83. The summed E-state index contributed by atoms with van der Waals surface area (Å²) in [6, 6.07) is 11.6. The molecule has 6 heteroatoms. The molecule has 0 bridgehead atoms. The summed E-state index contributed by atoms with van der Waals surface area (Å²) in [7, 11) is 0. The molecular formula is C20H23N5O. The standard InChI is InChI=1S/C20H23N5O/c1-14(2)16-4-6-17(7-5-16)19(26)24-8-10-25(11-9-24)20-22-15(3)12-18(13-21)23-20/h4-7,12,14H,8-11H2,1-3H3. The number of nitrogens with zero attached hydrogens (tertiary/aromatic N) is 5. The van der Waals surface area contributed by atoms with Gasteiger partial charge in [-0.15, -0.1) is 0 Å². The number of amides is 1. The highest BCUT2D eigenvalue weighted by Gasteiger charge is 2.24. The zero-order valence-electron chi connectivity index (χ0n) is 15.4. The van der Waals surface area contributed by atoms with Gasteiger partial charge in [-0.2, -0.15) is 5.26 Å². The summed E-state index contributed by atoms with van der Waals surface area (Å²) in [6.45, 7) is 8.68. The first-order chi connectivity index (χ1) is 12.5. The summed E-state index contributed by atoms with van der Waals surface area (Å²) in [4.78, 5) is 25.3. The minimum Gasteiger partial charge on any atom is -0.337 e. The van der Waals surface area contributed by atoms with E-state index in [1.165, 1.54) is 5.56 Å². The lowest BCUT2D eigenvalue weighted by molar-refractivity contribution is 0.0746. The number of nitriles is 1. The van der Waals surface area contributed by atoms with Gasteiger partial charge >= 0.3 is 0 Å². The van der Waals surface area contributed by atoms with Crippen molar-refractivity contribution in [1.29, 1.82) is 5.26 Å². The van der Waals surface area contributed by atoms with Gasteiger partial charge in [-0.3, -0.25) is 4.79 Å². The minimum absolute atomic E-state index is 0.0582. The second-order valence-corrected chi connectivity index (χ2v) is 6.86. The second-order valence-electron chi connectivity index (χ2n) is 6.86.